The van der Waals surface area contributed by atoms with Gasteiger partial charge in [0.2, 0.25) is 5.91 Å². The number of carbonyl (C=O) groups is 2. The Morgan fingerprint density at radius 3 is 2.60 bits per heavy atom. The largest absolute Gasteiger partial charge is 0.393 e. The second-order valence-corrected chi connectivity index (χ2v) is 6.74. The van der Waals surface area contributed by atoms with Crippen LogP contribution < -0.4 is 5.32 Å². The first-order chi connectivity index (χ1) is 9.38. The number of halogens is 1. The molecular weight excluding hydrogens is 298 g/mol. The molecule has 1 heterocycles. The van der Waals surface area contributed by atoms with E-state index >= 15 is 0 Å². The number of hydrogen-bond acceptors (Lipinski definition) is 4. The standard InChI is InChI=1S/C14H20ClNO3S/c1-9(7-10(2)17)8-16-14(19)6-3-11(18)12-4-5-13(15)20-12/h4-5,9-10,17H,3,6-8H2,1-2H3,(H,16,19). The van der Waals surface area contributed by atoms with Crippen LogP contribution in [0.5, 0.6) is 0 Å². The summed E-state index contributed by atoms with van der Waals surface area (Å²) in [4.78, 5) is 24.0. The lowest BCUT2D eigenvalue weighted by Crippen LogP contribution is -2.29. The van der Waals surface area contributed by atoms with Crippen molar-refractivity contribution in [3.05, 3.63) is 21.3 Å². The molecule has 0 aliphatic carbocycles. The number of Topliss-reactive ketones (excluding diaryl/α,β-unsaturated/α-hetero) is 1. The molecule has 0 aliphatic rings. The van der Waals surface area contributed by atoms with Crippen LogP contribution in [0.25, 0.3) is 0 Å². The second kappa shape index (κ2) is 8.39. The molecule has 0 fully saturated rings. The van der Waals surface area contributed by atoms with Gasteiger partial charge >= 0.3 is 0 Å². The smallest absolute Gasteiger partial charge is 0.220 e. The van der Waals surface area contributed by atoms with Crippen molar-refractivity contribution >= 4 is 34.6 Å². The lowest BCUT2D eigenvalue weighted by atomic mass is 10.0. The topological polar surface area (TPSA) is 66.4 Å². The fraction of sp³-hybridized carbons (Fsp3) is 0.571. The van der Waals surface area contributed by atoms with Crippen LogP contribution in [0.4, 0.5) is 0 Å². The van der Waals surface area contributed by atoms with E-state index < -0.39 is 0 Å². The minimum atomic E-state index is -0.368. The quantitative estimate of drug-likeness (QED) is 0.724. The summed E-state index contributed by atoms with van der Waals surface area (Å²) >= 11 is 6.99. The second-order valence-electron chi connectivity index (χ2n) is 5.02. The molecule has 0 aromatic carbocycles. The summed E-state index contributed by atoms with van der Waals surface area (Å²) in [6.07, 6.45) is 0.642. The molecule has 0 spiro atoms. The van der Waals surface area contributed by atoms with E-state index in [1.807, 2.05) is 6.92 Å². The van der Waals surface area contributed by atoms with Crippen molar-refractivity contribution in [1.82, 2.24) is 5.32 Å². The third-order valence-electron chi connectivity index (χ3n) is 2.82. The molecule has 2 atom stereocenters. The summed E-state index contributed by atoms with van der Waals surface area (Å²) in [5.74, 6) is 0.0123. The van der Waals surface area contributed by atoms with E-state index in [1.165, 1.54) is 11.3 Å². The summed E-state index contributed by atoms with van der Waals surface area (Å²) < 4.78 is 0.574. The molecule has 0 saturated heterocycles. The van der Waals surface area contributed by atoms with Crippen molar-refractivity contribution in [3.63, 3.8) is 0 Å². The van der Waals surface area contributed by atoms with Gasteiger partial charge in [-0.3, -0.25) is 9.59 Å². The summed E-state index contributed by atoms with van der Waals surface area (Å²) in [6, 6.07) is 3.36. The maximum absolute atomic E-state index is 11.8. The monoisotopic (exact) mass is 317 g/mol. The van der Waals surface area contributed by atoms with Crippen LogP contribution in [0.2, 0.25) is 4.34 Å². The van der Waals surface area contributed by atoms with Crippen molar-refractivity contribution in [2.75, 3.05) is 6.54 Å². The van der Waals surface area contributed by atoms with Gasteiger partial charge in [0.05, 0.1) is 15.3 Å². The van der Waals surface area contributed by atoms with Crippen molar-refractivity contribution in [1.29, 1.82) is 0 Å². The summed E-state index contributed by atoms with van der Waals surface area (Å²) in [5.41, 5.74) is 0. The van der Waals surface area contributed by atoms with Gasteiger partial charge < -0.3 is 10.4 Å². The molecule has 2 unspecified atom stereocenters. The van der Waals surface area contributed by atoms with E-state index in [1.54, 1.807) is 19.1 Å². The van der Waals surface area contributed by atoms with Gasteiger partial charge in [-0.2, -0.15) is 0 Å². The van der Waals surface area contributed by atoms with Crippen LogP contribution in [-0.4, -0.2) is 29.4 Å². The van der Waals surface area contributed by atoms with Crippen LogP contribution >= 0.6 is 22.9 Å². The maximum Gasteiger partial charge on any atom is 0.220 e. The van der Waals surface area contributed by atoms with Gasteiger partial charge in [-0.25, -0.2) is 0 Å². The van der Waals surface area contributed by atoms with E-state index in [0.29, 0.717) is 22.2 Å². The van der Waals surface area contributed by atoms with Gasteiger partial charge in [0, 0.05) is 19.4 Å². The van der Waals surface area contributed by atoms with E-state index in [9.17, 15) is 14.7 Å². The Balaban J connectivity index is 2.24. The molecule has 1 rings (SSSR count). The van der Waals surface area contributed by atoms with Crippen LogP contribution in [0, 0.1) is 5.92 Å². The molecule has 0 bridgehead atoms. The highest BCUT2D eigenvalue weighted by molar-refractivity contribution is 7.18. The Bertz CT molecular complexity index is 459. The highest BCUT2D eigenvalue weighted by Gasteiger charge is 2.12. The average Bonchev–Trinajstić information content (AvgIpc) is 2.79. The lowest BCUT2D eigenvalue weighted by Gasteiger charge is -2.13. The Morgan fingerprint density at radius 2 is 2.05 bits per heavy atom. The number of aliphatic hydroxyl groups excluding tert-OH is 1. The number of aliphatic hydroxyl groups is 1. The van der Waals surface area contributed by atoms with Crippen LogP contribution in [0.1, 0.15) is 42.8 Å². The number of carbonyl (C=O) groups excluding carboxylic acids is 2. The fourth-order valence-electron chi connectivity index (χ4n) is 1.86. The van der Waals surface area contributed by atoms with Crippen molar-refractivity contribution in [2.24, 2.45) is 5.92 Å². The number of nitrogens with one attached hydrogen (secondary N) is 1. The zero-order valence-electron chi connectivity index (χ0n) is 11.7. The third kappa shape index (κ3) is 6.50. The Morgan fingerprint density at radius 1 is 1.35 bits per heavy atom. The average molecular weight is 318 g/mol. The highest BCUT2D eigenvalue weighted by atomic mass is 35.5. The Hall–Kier alpha value is -0.910. The number of thiophene rings is 1. The van der Waals surface area contributed by atoms with Crippen LogP contribution in [0.3, 0.4) is 0 Å². The molecular formula is C14H20ClNO3S. The predicted molar refractivity (Wildman–Crippen MR) is 81.4 cm³/mol. The molecule has 0 saturated carbocycles. The van der Waals surface area contributed by atoms with Gasteiger partial charge in [-0.05, 0) is 31.4 Å². The van der Waals surface area contributed by atoms with Crippen LogP contribution in [-0.2, 0) is 4.79 Å². The molecule has 20 heavy (non-hydrogen) atoms. The van der Waals surface area contributed by atoms with E-state index in [0.717, 1.165) is 0 Å². The van der Waals surface area contributed by atoms with E-state index in [4.69, 9.17) is 11.6 Å². The van der Waals surface area contributed by atoms with Gasteiger partial charge in [0.25, 0.3) is 0 Å². The number of amides is 1. The zero-order valence-corrected chi connectivity index (χ0v) is 13.3. The SMILES string of the molecule is CC(O)CC(C)CNC(=O)CCC(=O)c1ccc(Cl)s1. The molecule has 1 amide bonds. The first-order valence-electron chi connectivity index (χ1n) is 6.61. The molecule has 4 nitrogen and oxygen atoms in total. The number of rotatable bonds is 8. The number of ketones is 1. The molecule has 1 aromatic rings. The summed E-state index contributed by atoms with van der Waals surface area (Å²) in [5, 5.41) is 12.0. The third-order valence-corrected chi connectivity index (χ3v) is 4.09. The Labute approximate surface area is 128 Å². The van der Waals surface area contributed by atoms with Crippen molar-refractivity contribution in [3.8, 4) is 0 Å². The number of hydrogen-bond donors (Lipinski definition) is 2. The van der Waals surface area contributed by atoms with E-state index in [2.05, 4.69) is 5.32 Å². The minimum Gasteiger partial charge on any atom is -0.393 e. The molecule has 2 N–H and O–H groups in total. The van der Waals surface area contributed by atoms with Crippen molar-refractivity contribution < 1.29 is 14.7 Å². The zero-order chi connectivity index (χ0) is 15.1. The maximum atomic E-state index is 11.8. The van der Waals surface area contributed by atoms with Gasteiger partial charge in [-0.1, -0.05) is 18.5 Å². The van der Waals surface area contributed by atoms with Crippen LogP contribution in [0.15, 0.2) is 12.1 Å². The lowest BCUT2D eigenvalue weighted by molar-refractivity contribution is -0.121. The molecule has 0 aliphatic heterocycles. The van der Waals surface area contributed by atoms with Gasteiger partial charge in [0.1, 0.15) is 0 Å². The Kier molecular flexibility index (Phi) is 7.19. The minimum absolute atomic E-state index is 0.0610. The normalized spacial score (nSPS) is 13.8. The van der Waals surface area contributed by atoms with Gasteiger partial charge in [-0.15, -0.1) is 11.3 Å². The molecule has 0 radical (unpaired) electrons. The summed E-state index contributed by atoms with van der Waals surface area (Å²) in [7, 11) is 0. The fourth-order valence-corrected chi connectivity index (χ4v) is 2.87. The van der Waals surface area contributed by atoms with E-state index in [-0.39, 0.29) is 36.6 Å². The van der Waals surface area contributed by atoms with Gasteiger partial charge in [0.15, 0.2) is 5.78 Å². The summed E-state index contributed by atoms with van der Waals surface area (Å²) in [6.45, 7) is 4.21. The molecule has 1 aromatic heterocycles. The first kappa shape index (κ1) is 17.1. The molecule has 6 heteroatoms. The van der Waals surface area contributed by atoms with Crippen molar-refractivity contribution in [2.45, 2.75) is 39.2 Å². The highest BCUT2D eigenvalue weighted by Crippen LogP contribution is 2.22. The first-order valence-corrected chi connectivity index (χ1v) is 7.81. The molecule has 112 valence electrons. The predicted octanol–water partition coefficient (Wildman–Crippen LogP) is 2.89.